The van der Waals surface area contributed by atoms with Crippen LogP contribution in [0.5, 0.6) is 5.75 Å². The first-order chi connectivity index (χ1) is 10.5. The third kappa shape index (κ3) is 4.71. The predicted molar refractivity (Wildman–Crippen MR) is 87.5 cm³/mol. The Kier molecular flexibility index (Phi) is 5.80. The molecule has 0 heterocycles. The van der Waals surface area contributed by atoms with Crippen LogP contribution in [0.2, 0.25) is 5.02 Å². The highest BCUT2D eigenvalue weighted by Gasteiger charge is 2.12. The number of ether oxygens (including phenoxy) is 1. The minimum absolute atomic E-state index is 0.132. The van der Waals surface area contributed by atoms with Gasteiger partial charge in [0.1, 0.15) is 11.6 Å². The smallest absolute Gasteiger partial charge is 0.260 e. The van der Waals surface area contributed by atoms with Crippen molar-refractivity contribution in [1.82, 2.24) is 4.90 Å². The molecule has 0 N–H and O–H groups in total. The maximum atomic E-state index is 13.1. The van der Waals surface area contributed by atoms with E-state index in [1.807, 2.05) is 0 Å². The van der Waals surface area contributed by atoms with Crippen molar-refractivity contribution in [2.24, 2.45) is 0 Å². The van der Waals surface area contributed by atoms with Crippen LogP contribution in [0, 0.1) is 5.82 Å². The van der Waals surface area contributed by atoms with E-state index in [0.717, 1.165) is 10.0 Å². The molecule has 0 atom stereocenters. The van der Waals surface area contributed by atoms with Crippen LogP contribution in [0.1, 0.15) is 5.56 Å². The molecule has 0 radical (unpaired) electrons. The first-order valence-electron chi connectivity index (χ1n) is 6.52. The lowest BCUT2D eigenvalue weighted by Crippen LogP contribution is -2.31. The Morgan fingerprint density at radius 2 is 2.09 bits per heavy atom. The minimum Gasteiger partial charge on any atom is -0.482 e. The number of halogens is 3. The van der Waals surface area contributed by atoms with Gasteiger partial charge in [0.15, 0.2) is 6.61 Å². The van der Waals surface area contributed by atoms with Crippen molar-refractivity contribution in [1.29, 1.82) is 0 Å². The standard InChI is InChI=1S/C16H14BrClFNO2/c1-20(9-11-3-2-4-13(19)7-11)16(21)10-22-15-6-5-12(17)8-14(15)18/h2-8H,9-10H2,1H3. The first-order valence-corrected chi connectivity index (χ1v) is 7.69. The summed E-state index contributed by atoms with van der Waals surface area (Å²) in [4.78, 5) is 13.5. The molecule has 22 heavy (non-hydrogen) atoms. The molecule has 0 bridgehead atoms. The zero-order valence-electron chi connectivity index (χ0n) is 11.9. The molecule has 0 saturated carbocycles. The monoisotopic (exact) mass is 385 g/mol. The highest BCUT2D eigenvalue weighted by Crippen LogP contribution is 2.27. The number of likely N-dealkylation sites (N-methyl/N-ethyl adjacent to an activating group) is 1. The summed E-state index contributed by atoms with van der Waals surface area (Å²) in [7, 11) is 1.64. The molecule has 0 fully saturated rings. The van der Waals surface area contributed by atoms with Crippen LogP contribution in [0.25, 0.3) is 0 Å². The number of carbonyl (C=O) groups is 1. The molecule has 2 aromatic carbocycles. The Morgan fingerprint density at radius 1 is 1.32 bits per heavy atom. The molecule has 0 spiro atoms. The Balaban J connectivity index is 1.91. The Morgan fingerprint density at radius 3 is 2.77 bits per heavy atom. The molecular weight excluding hydrogens is 373 g/mol. The number of nitrogens with zero attached hydrogens (tertiary/aromatic N) is 1. The summed E-state index contributed by atoms with van der Waals surface area (Å²) < 4.78 is 19.4. The van der Waals surface area contributed by atoms with Gasteiger partial charge in [-0.05, 0) is 35.9 Å². The van der Waals surface area contributed by atoms with E-state index < -0.39 is 0 Å². The fourth-order valence-electron chi connectivity index (χ4n) is 1.84. The Labute approximate surface area is 141 Å². The molecule has 2 rings (SSSR count). The Bertz CT molecular complexity index is 681. The summed E-state index contributed by atoms with van der Waals surface area (Å²) in [6, 6.07) is 11.3. The Hall–Kier alpha value is -1.59. The lowest BCUT2D eigenvalue weighted by molar-refractivity contribution is -0.132. The lowest BCUT2D eigenvalue weighted by atomic mass is 10.2. The van der Waals surface area contributed by atoms with Crippen LogP contribution in [-0.4, -0.2) is 24.5 Å². The van der Waals surface area contributed by atoms with Crippen LogP contribution in [-0.2, 0) is 11.3 Å². The highest BCUT2D eigenvalue weighted by atomic mass is 79.9. The van der Waals surface area contributed by atoms with Gasteiger partial charge < -0.3 is 9.64 Å². The summed E-state index contributed by atoms with van der Waals surface area (Å²) in [5, 5.41) is 0.426. The van der Waals surface area contributed by atoms with Crippen LogP contribution in [0.4, 0.5) is 4.39 Å². The van der Waals surface area contributed by atoms with E-state index in [-0.39, 0.29) is 18.3 Å². The quantitative estimate of drug-likeness (QED) is 0.767. The second-order valence-electron chi connectivity index (χ2n) is 4.74. The van der Waals surface area contributed by atoms with Gasteiger partial charge in [-0.2, -0.15) is 0 Å². The van der Waals surface area contributed by atoms with Crippen molar-refractivity contribution in [3.63, 3.8) is 0 Å². The average molecular weight is 387 g/mol. The van der Waals surface area contributed by atoms with E-state index >= 15 is 0 Å². The van der Waals surface area contributed by atoms with E-state index in [9.17, 15) is 9.18 Å². The number of hydrogen-bond acceptors (Lipinski definition) is 2. The molecule has 0 aliphatic rings. The molecule has 0 aliphatic carbocycles. The molecular formula is C16H14BrClFNO2. The van der Waals surface area contributed by atoms with E-state index in [0.29, 0.717) is 17.3 Å². The molecule has 2 aromatic rings. The fraction of sp³-hybridized carbons (Fsp3) is 0.188. The van der Waals surface area contributed by atoms with Gasteiger partial charge >= 0.3 is 0 Å². The summed E-state index contributed by atoms with van der Waals surface area (Å²) in [5.74, 6) is -0.100. The summed E-state index contributed by atoms with van der Waals surface area (Å²) in [6.45, 7) is 0.182. The first kappa shape index (κ1) is 16.8. The van der Waals surface area contributed by atoms with Gasteiger partial charge in [0, 0.05) is 18.1 Å². The van der Waals surface area contributed by atoms with Crippen LogP contribution in [0.3, 0.4) is 0 Å². The largest absolute Gasteiger partial charge is 0.482 e. The second-order valence-corrected chi connectivity index (χ2v) is 6.07. The molecule has 3 nitrogen and oxygen atoms in total. The third-order valence-electron chi connectivity index (χ3n) is 2.98. The van der Waals surface area contributed by atoms with Crippen LogP contribution < -0.4 is 4.74 Å². The minimum atomic E-state index is -0.323. The molecule has 0 unspecified atom stereocenters. The van der Waals surface area contributed by atoms with Gasteiger partial charge in [0.2, 0.25) is 0 Å². The number of hydrogen-bond donors (Lipinski definition) is 0. The number of carbonyl (C=O) groups excluding carboxylic acids is 1. The van der Waals surface area contributed by atoms with Crippen molar-refractivity contribution in [3.05, 3.63) is 63.3 Å². The van der Waals surface area contributed by atoms with E-state index in [2.05, 4.69) is 15.9 Å². The summed E-state index contributed by atoms with van der Waals surface area (Å²) >= 11 is 9.31. The molecule has 0 aliphatic heterocycles. The average Bonchev–Trinajstić information content (AvgIpc) is 2.46. The van der Waals surface area contributed by atoms with Crippen molar-refractivity contribution >= 4 is 33.4 Å². The van der Waals surface area contributed by atoms with Crippen molar-refractivity contribution in [3.8, 4) is 5.75 Å². The molecule has 0 aromatic heterocycles. The van der Waals surface area contributed by atoms with E-state index in [4.69, 9.17) is 16.3 Å². The van der Waals surface area contributed by atoms with Gasteiger partial charge in [0.05, 0.1) is 5.02 Å². The van der Waals surface area contributed by atoms with E-state index in [1.54, 1.807) is 37.4 Å². The van der Waals surface area contributed by atoms with Crippen molar-refractivity contribution in [2.75, 3.05) is 13.7 Å². The maximum Gasteiger partial charge on any atom is 0.260 e. The predicted octanol–water partition coefficient (Wildman–Crippen LogP) is 4.28. The zero-order valence-corrected chi connectivity index (χ0v) is 14.2. The molecule has 1 amide bonds. The van der Waals surface area contributed by atoms with Crippen LogP contribution >= 0.6 is 27.5 Å². The van der Waals surface area contributed by atoms with Gasteiger partial charge in [0.25, 0.3) is 5.91 Å². The molecule has 0 saturated heterocycles. The van der Waals surface area contributed by atoms with Gasteiger partial charge in [-0.3, -0.25) is 4.79 Å². The SMILES string of the molecule is CN(Cc1cccc(F)c1)C(=O)COc1ccc(Br)cc1Cl. The zero-order chi connectivity index (χ0) is 16.1. The topological polar surface area (TPSA) is 29.5 Å². The van der Waals surface area contributed by atoms with Crippen LogP contribution in [0.15, 0.2) is 46.9 Å². The maximum absolute atomic E-state index is 13.1. The number of benzene rings is 2. The normalized spacial score (nSPS) is 10.4. The molecule has 116 valence electrons. The summed E-state index contributed by atoms with van der Waals surface area (Å²) in [5.41, 5.74) is 0.720. The lowest BCUT2D eigenvalue weighted by Gasteiger charge is -2.18. The third-order valence-corrected chi connectivity index (χ3v) is 3.77. The fourth-order valence-corrected chi connectivity index (χ4v) is 2.57. The van der Waals surface area contributed by atoms with Gasteiger partial charge in [-0.1, -0.05) is 39.7 Å². The van der Waals surface area contributed by atoms with E-state index in [1.165, 1.54) is 17.0 Å². The second kappa shape index (κ2) is 7.61. The van der Waals surface area contributed by atoms with Gasteiger partial charge in [-0.15, -0.1) is 0 Å². The number of rotatable bonds is 5. The van der Waals surface area contributed by atoms with Gasteiger partial charge in [-0.25, -0.2) is 4.39 Å². The highest BCUT2D eigenvalue weighted by molar-refractivity contribution is 9.10. The van der Waals surface area contributed by atoms with Crippen molar-refractivity contribution < 1.29 is 13.9 Å². The summed E-state index contributed by atoms with van der Waals surface area (Å²) in [6.07, 6.45) is 0. The number of amides is 1. The van der Waals surface area contributed by atoms with Crippen molar-refractivity contribution in [2.45, 2.75) is 6.54 Å². The molecule has 6 heteroatoms.